The Morgan fingerprint density at radius 3 is 2.39 bits per heavy atom. The van der Waals surface area contributed by atoms with Crippen LogP contribution in [0.15, 0.2) is 36.4 Å². The molecule has 0 unspecified atom stereocenters. The Hall–Kier alpha value is -1.58. The number of hydrogen-bond donors (Lipinski definition) is 1. The number of hydrogen-bond acceptors (Lipinski definition) is 3. The van der Waals surface area contributed by atoms with Gasteiger partial charge in [0.2, 0.25) is 0 Å². The van der Waals surface area contributed by atoms with Gasteiger partial charge in [-0.2, -0.15) is 0 Å². The molecule has 0 spiro atoms. The highest BCUT2D eigenvalue weighted by Gasteiger charge is 2.16. The largest absolute Gasteiger partial charge is 0.487 e. The molecule has 3 nitrogen and oxygen atoms in total. The molecule has 2 aromatic carbocycles. The molecule has 0 bridgehead atoms. The lowest BCUT2D eigenvalue weighted by Crippen LogP contribution is -2.29. The lowest BCUT2D eigenvalue weighted by Gasteiger charge is -2.30. The third kappa shape index (κ3) is 3.85. The van der Waals surface area contributed by atoms with Crippen LogP contribution in [-0.4, -0.2) is 13.1 Å². The Kier molecular flexibility index (Phi) is 5.19. The first-order valence-corrected chi connectivity index (χ1v) is 8.61. The number of anilines is 2. The van der Waals surface area contributed by atoms with Crippen LogP contribution in [0.5, 0.6) is 5.75 Å². The van der Waals surface area contributed by atoms with Crippen molar-refractivity contribution < 1.29 is 4.74 Å². The van der Waals surface area contributed by atoms with Crippen LogP contribution in [0.1, 0.15) is 24.8 Å². The molecular formula is C18H20Cl2N2O. The van der Waals surface area contributed by atoms with Gasteiger partial charge in [-0.15, -0.1) is 0 Å². The van der Waals surface area contributed by atoms with Gasteiger partial charge in [0, 0.05) is 40.5 Å². The maximum atomic E-state index is 6.22. The van der Waals surface area contributed by atoms with E-state index in [0.29, 0.717) is 22.3 Å². The molecule has 0 aromatic heterocycles. The summed E-state index contributed by atoms with van der Waals surface area (Å²) >= 11 is 12.4. The Bertz CT molecular complexity index is 664. The van der Waals surface area contributed by atoms with Crippen molar-refractivity contribution in [2.45, 2.75) is 25.9 Å². The zero-order valence-corrected chi connectivity index (χ0v) is 14.4. The molecule has 5 heteroatoms. The van der Waals surface area contributed by atoms with Crippen molar-refractivity contribution in [3.63, 3.8) is 0 Å². The molecule has 2 N–H and O–H groups in total. The molecule has 0 atom stereocenters. The number of piperidine rings is 1. The average Bonchev–Trinajstić information content (AvgIpc) is 2.55. The maximum Gasteiger partial charge on any atom is 0.145 e. The molecule has 2 aromatic rings. The zero-order valence-electron chi connectivity index (χ0n) is 12.9. The molecular weight excluding hydrogens is 331 g/mol. The van der Waals surface area contributed by atoms with Crippen molar-refractivity contribution in [1.82, 2.24) is 0 Å². The first-order chi connectivity index (χ1) is 11.1. The molecule has 1 saturated heterocycles. The number of nitrogens with zero attached hydrogens (tertiary/aromatic N) is 1. The van der Waals surface area contributed by atoms with Gasteiger partial charge >= 0.3 is 0 Å². The Labute approximate surface area is 146 Å². The van der Waals surface area contributed by atoms with Crippen molar-refractivity contribution in [3.05, 3.63) is 52.0 Å². The summed E-state index contributed by atoms with van der Waals surface area (Å²) < 4.78 is 6.03. The monoisotopic (exact) mass is 350 g/mol. The minimum absolute atomic E-state index is 0.322. The smallest absolute Gasteiger partial charge is 0.145 e. The number of ether oxygens (including phenoxy) is 1. The highest BCUT2D eigenvalue weighted by Crippen LogP contribution is 2.34. The maximum absolute atomic E-state index is 6.22. The second-order valence-corrected chi connectivity index (χ2v) is 6.58. The zero-order chi connectivity index (χ0) is 16.2. The van der Waals surface area contributed by atoms with Crippen LogP contribution in [0.4, 0.5) is 11.4 Å². The fraction of sp³-hybridized carbons (Fsp3) is 0.333. The lowest BCUT2D eigenvalue weighted by molar-refractivity contribution is 0.306. The molecule has 23 heavy (non-hydrogen) atoms. The van der Waals surface area contributed by atoms with Gasteiger partial charge in [-0.3, -0.25) is 0 Å². The van der Waals surface area contributed by atoms with Gasteiger partial charge in [-0.05, 0) is 43.5 Å². The molecule has 0 aliphatic carbocycles. The van der Waals surface area contributed by atoms with Crippen LogP contribution in [-0.2, 0) is 6.61 Å². The summed E-state index contributed by atoms with van der Waals surface area (Å²) in [5.74, 6) is 0.780. The standard InChI is InChI=1S/C18H20Cl2N2O/c19-15-5-4-6-16(20)14(15)12-23-18-11-13(21)7-8-17(18)22-9-2-1-3-10-22/h4-8,11H,1-3,9-10,12,21H2. The summed E-state index contributed by atoms with van der Waals surface area (Å²) in [6, 6.07) is 11.3. The van der Waals surface area contributed by atoms with Crippen molar-refractivity contribution in [2.75, 3.05) is 23.7 Å². The third-order valence-corrected chi connectivity index (χ3v) is 4.82. The van der Waals surface area contributed by atoms with Gasteiger partial charge in [0.1, 0.15) is 12.4 Å². The summed E-state index contributed by atoms with van der Waals surface area (Å²) in [5, 5.41) is 1.22. The van der Waals surface area contributed by atoms with Crippen LogP contribution >= 0.6 is 23.2 Å². The van der Waals surface area contributed by atoms with E-state index in [1.165, 1.54) is 19.3 Å². The highest BCUT2D eigenvalue weighted by atomic mass is 35.5. The SMILES string of the molecule is Nc1ccc(N2CCCCC2)c(OCc2c(Cl)cccc2Cl)c1. The van der Waals surface area contributed by atoms with Crippen molar-refractivity contribution in [2.24, 2.45) is 0 Å². The minimum Gasteiger partial charge on any atom is -0.487 e. The molecule has 1 fully saturated rings. The summed E-state index contributed by atoms with van der Waals surface area (Å²) in [6.45, 7) is 2.42. The Morgan fingerprint density at radius 1 is 1.00 bits per heavy atom. The van der Waals surface area contributed by atoms with Crippen molar-refractivity contribution >= 4 is 34.6 Å². The molecule has 1 heterocycles. The predicted molar refractivity (Wildman–Crippen MR) is 97.7 cm³/mol. The minimum atomic E-state index is 0.322. The molecule has 1 aliphatic rings. The van der Waals surface area contributed by atoms with Crippen LogP contribution in [0.25, 0.3) is 0 Å². The topological polar surface area (TPSA) is 38.5 Å². The lowest BCUT2D eigenvalue weighted by atomic mass is 10.1. The van der Waals surface area contributed by atoms with Crippen molar-refractivity contribution in [3.8, 4) is 5.75 Å². The van der Waals surface area contributed by atoms with E-state index in [9.17, 15) is 0 Å². The fourth-order valence-corrected chi connectivity index (χ4v) is 3.37. The van der Waals surface area contributed by atoms with Gasteiger partial charge in [0.05, 0.1) is 5.69 Å². The van der Waals surface area contributed by atoms with Crippen LogP contribution in [0.3, 0.4) is 0 Å². The molecule has 122 valence electrons. The summed E-state index contributed by atoms with van der Waals surface area (Å²) in [4.78, 5) is 2.35. The van der Waals surface area contributed by atoms with Gasteiger partial charge in [-0.25, -0.2) is 0 Å². The van der Waals surface area contributed by atoms with E-state index in [2.05, 4.69) is 4.90 Å². The second-order valence-electron chi connectivity index (χ2n) is 5.76. The fourth-order valence-electron chi connectivity index (χ4n) is 2.86. The second kappa shape index (κ2) is 7.33. The van der Waals surface area contributed by atoms with E-state index in [1.54, 1.807) is 0 Å². The van der Waals surface area contributed by atoms with Crippen LogP contribution < -0.4 is 15.4 Å². The van der Waals surface area contributed by atoms with Gasteiger partial charge in [0.15, 0.2) is 0 Å². The number of nitrogen functional groups attached to an aromatic ring is 1. The Balaban J connectivity index is 1.82. The summed E-state index contributed by atoms with van der Waals surface area (Å²) in [6.07, 6.45) is 3.71. The number of benzene rings is 2. The first kappa shape index (κ1) is 16.3. The third-order valence-electron chi connectivity index (χ3n) is 4.11. The number of halogens is 2. The molecule has 0 radical (unpaired) electrons. The quantitative estimate of drug-likeness (QED) is 0.775. The van der Waals surface area contributed by atoms with Crippen molar-refractivity contribution in [1.29, 1.82) is 0 Å². The van der Waals surface area contributed by atoms with Gasteiger partial charge < -0.3 is 15.4 Å². The van der Waals surface area contributed by atoms with E-state index in [4.69, 9.17) is 33.7 Å². The van der Waals surface area contributed by atoms with Crippen LogP contribution in [0, 0.1) is 0 Å². The number of rotatable bonds is 4. The number of nitrogens with two attached hydrogens (primary N) is 1. The van der Waals surface area contributed by atoms with E-state index < -0.39 is 0 Å². The van der Waals surface area contributed by atoms with Crippen LogP contribution in [0.2, 0.25) is 10.0 Å². The highest BCUT2D eigenvalue weighted by molar-refractivity contribution is 6.35. The average molecular weight is 351 g/mol. The van der Waals surface area contributed by atoms with Gasteiger partial charge in [0.25, 0.3) is 0 Å². The van der Waals surface area contributed by atoms with E-state index in [0.717, 1.165) is 30.1 Å². The van der Waals surface area contributed by atoms with E-state index >= 15 is 0 Å². The normalized spacial score (nSPS) is 14.8. The van der Waals surface area contributed by atoms with E-state index in [-0.39, 0.29) is 0 Å². The predicted octanol–water partition coefficient (Wildman–Crippen LogP) is 5.14. The molecule has 0 saturated carbocycles. The summed E-state index contributed by atoms with van der Waals surface area (Å²) in [5.41, 5.74) is 8.50. The molecule has 0 amide bonds. The van der Waals surface area contributed by atoms with Gasteiger partial charge in [-0.1, -0.05) is 29.3 Å². The first-order valence-electron chi connectivity index (χ1n) is 7.85. The Morgan fingerprint density at radius 2 is 1.70 bits per heavy atom. The molecule has 1 aliphatic heterocycles. The van der Waals surface area contributed by atoms with E-state index in [1.807, 2.05) is 36.4 Å². The summed E-state index contributed by atoms with van der Waals surface area (Å²) in [7, 11) is 0. The molecule has 3 rings (SSSR count).